The lowest BCUT2D eigenvalue weighted by Crippen LogP contribution is -2.18. The molecule has 2 heterocycles. The molecule has 1 aliphatic heterocycles. The van der Waals surface area contributed by atoms with Crippen molar-refractivity contribution in [2.45, 2.75) is 26.3 Å². The van der Waals surface area contributed by atoms with Crippen LogP contribution in [0.4, 0.5) is 4.39 Å². The van der Waals surface area contributed by atoms with E-state index in [0.29, 0.717) is 11.7 Å². The lowest BCUT2D eigenvalue weighted by Gasteiger charge is -2.17. The van der Waals surface area contributed by atoms with Crippen molar-refractivity contribution < 1.29 is 4.39 Å². The number of hydrogen-bond acceptors (Lipinski definition) is 2. The highest BCUT2D eigenvalue weighted by Gasteiger charge is 2.18. The normalized spacial score (nSPS) is 19.1. The predicted octanol–water partition coefficient (Wildman–Crippen LogP) is 2.67. The molecule has 1 aliphatic rings. The Labute approximate surface area is 99.3 Å². The third-order valence-corrected chi connectivity index (χ3v) is 3.20. The maximum absolute atomic E-state index is 12.8. The van der Waals surface area contributed by atoms with E-state index in [1.54, 1.807) is 12.1 Å². The molecule has 1 aromatic heterocycles. The van der Waals surface area contributed by atoms with Crippen LogP contribution in [0.3, 0.4) is 0 Å². The summed E-state index contributed by atoms with van der Waals surface area (Å²) in [5, 5.41) is 4.48. The van der Waals surface area contributed by atoms with E-state index >= 15 is 0 Å². The molecular formula is C13H14FN3. The number of benzene rings is 1. The fourth-order valence-electron chi connectivity index (χ4n) is 2.19. The second-order valence-corrected chi connectivity index (χ2v) is 4.68. The molecule has 88 valence electrons. The summed E-state index contributed by atoms with van der Waals surface area (Å²) >= 11 is 0. The first kappa shape index (κ1) is 10.4. The van der Waals surface area contributed by atoms with Gasteiger partial charge in [-0.25, -0.2) is 14.1 Å². The van der Waals surface area contributed by atoms with Gasteiger partial charge in [0.25, 0.3) is 0 Å². The Balaban J connectivity index is 1.97. The zero-order valence-corrected chi connectivity index (χ0v) is 9.73. The van der Waals surface area contributed by atoms with Gasteiger partial charge < -0.3 is 0 Å². The molecular weight excluding hydrogens is 217 g/mol. The van der Waals surface area contributed by atoms with Gasteiger partial charge >= 0.3 is 0 Å². The van der Waals surface area contributed by atoms with Crippen LogP contribution in [0, 0.1) is 11.7 Å². The van der Waals surface area contributed by atoms with Gasteiger partial charge in [0.1, 0.15) is 11.6 Å². The number of aromatic nitrogens is 3. The molecule has 3 nitrogen and oxygen atoms in total. The van der Waals surface area contributed by atoms with Crippen LogP contribution >= 0.6 is 0 Å². The summed E-state index contributed by atoms with van der Waals surface area (Å²) in [4.78, 5) is 4.51. The Kier molecular flexibility index (Phi) is 2.42. The molecule has 1 atom stereocenters. The van der Waals surface area contributed by atoms with E-state index in [1.807, 2.05) is 4.68 Å². The number of nitrogens with zero attached hydrogens (tertiary/aromatic N) is 3. The van der Waals surface area contributed by atoms with Gasteiger partial charge in [-0.15, -0.1) is 0 Å². The Morgan fingerprint density at radius 1 is 1.29 bits per heavy atom. The first-order valence-corrected chi connectivity index (χ1v) is 5.92. The van der Waals surface area contributed by atoms with E-state index in [9.17, 15) is 4.39 Å². The number of rotatable bonds is 1. The molecule has 0 N–H and O–H groups in total. The van der Waals surface area contributed by atoms with Crippen molar-refractivity contribution >= 4 is 0 Å². The molecule has 2 aromatic rings. The smallest absolute Gasteiger partial charge is 0.181 e. The lowest BCUT2D eigenvalue weighted by molar-refractivity contribution is 0.368. The third kappa shape index (κ3) is 1.95. The number of halogens is 1. The molecule has 0 spiro atoms. The van der Waals surface area contributed by atoms with Crippen molar-refractivity contribution in [3.05, 3.63) is 35.9 Å². The van der Waals surface area contributed by atoms with Crippen LogP contribution in [0.1, 0.15) is 19.2 Å². The van der Waals surface area contributed by atoms with Crippen LogP contribution < -0.4 is 0 Å². The fraction of sp³-hybridized carbons (Fsp3) is 0.385. The first-order chi connectivity index (χ1) is 8.22. The van der Waals surface area contributed by atoms with Crippen LogP contribution in [-0.4, -0.2) is 14.8 Å². The maximum atomic E-state index is 12.8. The second kappa shape index (κ2) is 3.95. The first-order valence-electron chi connectivity index (χ1n) is 5.92. The van der Waals surface area contributed by atoms with E-state index < -0.39 is 0 Å². The van der Waals surface area contributed by atoms with Gasteiger partial charge in [-0.2, -0.15) is 5.10 Å². The Bertz CT molecular complexity index is 530. The molecule has 0 saturated carbocycles. The Hall–Kier alpha value is -1.71. The summed E-state index contributed by atoms with van der Waals surface area (Å²) in [5.41, 5.74) is 0.876. The summed E-state index contributed by atoms with van der Waals surface area (Å²) in [6.07, 6.45) is 2.15. The number of aryl methyl sites for hydroxylation is 1. The summed E-state index contributed by atoms with van der Waals surface area (Å²) in [7, 11) is 0. The van der Waals surface area contributed by atoms with Crippen molar-refractivity contribution in [3.63, 3.8) is 0 Å². The van der Waals surface area contributed by atoms with Gasteiger partial charge in [-0.3, -0.25) is 0 Å². The average molecular weight is 231 g/mol. The Morgan fingerprint density at radius 3 is 2.82 bits per heavy atom. The zero-order chi connectivity index (χ0) is 11.8. The molecule has 0 amide bonds. The second-order valence-electron chi connectivity index (χ2n) is 4.68. The molecule has 1 aromatic carbocycles. The molecule has 0 saturated heterocycles. The zero-order valence-electron chi connectivity index (χ0n) is 9.73. The molecule has 0 fully saturated rings. The highest BCUT2D eigenvalue weighted by atomic mass is 19.1. The highest BCUT2D eigenvalue weighted by molar-refractivity contribution is 5.54. The number of hydrogen-bond donors (Lipinski definition) is 0. The predicted molar refractivity (Wildman–Crippen MR) is 62.9 cm³/mol. The molecule has 1 unspecified atom stereocenters. The largest absolute Gasteiger partial charge is 0.249 e. The molecule has 0 radical (unpaired) electrons. The van der Waals surface area contributed by atoms with Crippen molar-refractivity contribution in [1.82, 2.24) is 14.8 Å². The molecule has 0 aliphatic carbocycles. The standard InChI is InChI=1S/C13H14FN3/c1-9-2-7-12-15-13(16-17(12)8-9)10-3-5-11(14)6-4-10/h3-6,9H,2,7-8H2,1H3. The summed E-state index contributed by atoms with van der Waals surface area (Å²) in [5.74, 6) is 2.17. The maximum Gasteiger partial charge on any atom is 0.181 e. The minimum absolute atomic E-state index is 0.230. The van der Waals surface area contributed by atoms with Crippen molar-refractivity contribution in [2.24, 2.45) is 5.92 Å². The average Bonchev–Trinajstić information content (AvgIpc) is 2.72. The minimum atomic E-state index is -0.230. The molecule has 4 heteroatoms. The van der Waals surface area contributed by atoms with Crippen molar-refractivity contribution in [2.75, 3.05) is 0 Å². The van der Waals surface area contributed by atoms with E-state index in [2.05, 4.69) is 17.0 Å². The summed E-state index contributed by atoms with van der Waals surface area (Å²) in [6, 6.07) is 6.33. The number of fused-ring (bicyclic) bond motifs is 1. The van der Waals surface area contributed by atoms with Crippen molar-refractivity contribution in [1.29, 1.82) is 0 Å². The van der Waals surface area contributed by atoms with Gasteiger partial charge in [0, 0.05) is 18.5 Å². The van der Waals surface area contributed by atoms with Crippen molar-refractivity contribution in [3.8, 4) is 11.4 Å². The monoisotopic (exact) mass is 231 g/mol. The van der Waals surface area contributed by atoms with Crippen LogP contribution in [0.5, 0.6) is 0 Å². The minimum Gasteiger partial charge on any atom is -0.249 e. The van der Waals surface area contributed by atoms with E-state index in [-0.39, 0.29) is 5.82 Å². The SMILES string of the molecule is CC1CCc2nc(-c3ccc(F)cc3)nn2C1. The molecule has 3 rings (SSSR count). The quantitative estimate of drug-likeness (QED) is 0.755. The molecule has 0 bridgehead atoms. The third-order valence-electron chi connectivity index (χ3n) is 3.20. The van der Waals surface area contributed by atoms with Gasteiger partial charge in [-0.1, -0.05) is 6.92 Å². The highest BCUT2D eigenvalue weighted by Crippen LogP contribution is 2.22. The van der Waals surface area contributed by atoms with Gasteiger partial charge in [0.2, 0.25) is 0 Å². The topological polar surface area (TPSA) is 30.7 Å². The van der Waals surface area contributed by atoms with Crippen LogP contribution in [0.2, 0.25) is 0 Å². The summed E-state index contributed by atoms with van der Waals surface area (Å²) in [6.45, 7) is 3.16. The van der Waals surface area contributed by atoms with E-state index in [4.69, 9.17) is 0 Å². The van der Waals surface area contributed by atoms with Crippen LogP contribution in [0.25, 0.3) is 11.4 Å². The van der Waals surface area contributed by atoms with E-state index in [0.717, 1.165) is 24.4 Å². The van der Waals surface area contributed by atoms with Gasteiger partial charge in [0.15, 0.2) is 5.82 Å². The summed E-state index contributed by atoms with van der Waals surface area (Å²) < 4.78 is 14.8. The van der Waals surface area contributed by atoms with Gasteiger partial charge in [0.05, 0.1) is 0 Å². The Morgan fingerprint density at radius 2 is 2.06 bits per heavy atom. The van der Waals surface area contributed by atoms with Crippen LogP contribution in [0.15, 0.2) is 24.3 Å². The van der Waals surface area contributed by atoms with Crippen LogP contribution in [-0.2, 0) is 13.0 Å². The fourth-order valence-corrected chi connectivity index (χ4v) is 2.19. The van der Waals surface area contributed by atoms with Gasteiger partial charge in [-0.05, 0) is 36.6 Å². The van der Waals surface area contributed by atoms with E-state index in [1.165, 1.54) is 18.6 Å². The lowest BCUT2D eigenvalue weighted by atomic mass is 10.0. The molecule has 17 heavy (non-hydrogen) atoms.